The second kappa shape index (κ2) is 4.18. The number of methoxy groups -OCH3 is 1. The van der Waals surface area contributed by atoms with E-state index in [1.165, 1.54) is 19.4 Å². The van der Waals surface area contributed by atoms with Crippen LogP contribution in [0.4, 0.5) is 0 Å². The van der Waals surface area contributed by atoms with E-state index in [4.69, 9.17) is 18.6 Å². The first-order chi connectivity index (χ1) is 11.5. The van der Waals surface area contributed by atoms with Crippen molar-refractivity contribution < 1.29 is 28.5 Å². The van der Waals surface area contributed by atoms with Gasteiger partial charge in [-0.05, 0) is 18.1 Å². The summed E-state index contributed by atoms with van der Waals surface area (Å²) in [7, 11) is 1.48. The van der Waals surface area contributed by atoms with Gasteiger partial charge in [0.15, 0.2) is 17.0 Å². The molecule has 24 heavy (non-hydrogen) atoms. The van der Waals surface area contributed by atoms with Gasteiger partial charge < -0.3 is 23.7 Å². The van der Waals surface area contributed by atoms with Crippen molar-refractivity contribution in [3.63, 3.8) is 0 Å². The number of benzene rings is 1. The van der Waals surface area contributed by atoms with Crippen LogP contribution in [0.3, 0.4) is 0 Å². The Hall–Kier alpha value is -2.80. The zero-order valence-corrected chi connectivity index (χ0v) is 12.6. The lowest BCUT2D eigenvalue weighted by atomic mass is 9.92. The van der Waals surface area contributed by atoms with Crippen molar-refractivity contribution >= 4 is 16.8 Å². The monoisotopic (exact) mass is 328 g/mol. The molecular weight excluding hydrogens is 316 g/mol. The van der Waals surface area contributed by atoms with Crippen LogP contribution in [0.15, 0.2) is 27.6 Å². The highest BCUT2D eigenvalue weighted by Gasteiger charge is 2.53. The predicted octanol–water partition coefficient (Wildman–Crippen LogP) is 1.38. The number of ketones is 1. The van der Waals surface area contributed by atoms with Gasteiger partial charge in [0.25, 0.3) is 6.29 Å². The smallest absolute Gasteiger partial charge is 0.347 e. The maximum Gasteiger partial charge on any atom is 0.347 e. The lowest BCUT2D eigenvalue weighted by Crippen LogP contribution is -2.33. The van der Waals surface area contributed by atoms with E-state index in [0.29, 0.717) is 34.4 Å². The minimum Gasteiger partial charge on any atom is -0.496 e. The van der Waals surface area contributed by atoms with Gasteiger partial charge in [0.2, 0.25) is 0 Å². The van der Waals surface area contributed by atoms with Crippen LogP contribution in [0.25, 0.3) is 11.0 Å². The lowest BCUT2D eigenvalue weighted by Gasteiger charge is -2.19. The van der Waals surface area contributed by atoms with Crippen LogP contribution < -0.4 is 15.1 Å². The first kappa shape index (κ1) is 13.6. The summed E-state index contributed by atoms with van der Waals surface area (Å²) in [6.45, 7) is 0. The summed E-state index contributed by atoms with van der Waals surface area (Å²) in [5.41, 5.74) is -1.10. The van der Waals surface area contributed by atoms with Crippen LogP contribution in [0.5, 0.6) is 11.5 Å². The highest BCUT2D eigenvalue weighted by atomic mass is 16.7. The van der Waals surface area contributed by atoms with Gasteiger partial charge >= 0.3 is 5.63 Å². The van der Waals surface area contributed by atoms with Crippen molar-refractivity contribution in [3.05, 3.63) is 45.5 Å². The minimum atomic E-state index is -1.55. The molecule has 0 unspecified atom stereocenters. The zero-order valence-electron chi connectivity index (χ0n) is 12.6. The molecule has 1 aliphatic carbocycles. The van der Waals surface area contributed by atoms with Gasteiger partial charge in [0.05, 0.1) is 24.3 Å². The first-order valence-corrected chi connectivity index (χ1v) is 7.51. The number of carbonyl (C=O) groups excluding carboxylic acids is 1. The molecule has 5 rings (SSSR count). The fourth-order valence-corrected chi connectivity index (χ4v) is 3.75. The molecular formula is C17H12O7. The third kappa shape index (κ3) is 1.41. The summed E-state index contributed by atoms with van der Waals surface area (Å²) in [6, 6.07) is 1.62. The Labute approximate surface area is 135 Å². The van der Waals surface area contributed by atoms with Gasteiger partial charge in [0.1, 0.15) is 17.1 Å². The number of aryl methyl sites for hydroxylation is 1. The predicted molar refractivity (Wildman–Crippen MR) is 80.2 cm³/mol. The molecule has 2 atom stereocenters. The van der Waals surface area contributed by atoms with E-state index in [9.17, 15) is 14.7 Å². The number of rotatable bonds is 1. The first-order valence-electron chi connectivity index (χ1n) is 7.51. The summed E-state index contributed by atoms with van der Waals surface area (Å²) in [5, 5.41) is 11.5. The number of hydrogen-bond donors (Lipinski definition) is 1. The Morgan fingerprint density at radius 2 is 2.17 bits per heavy atom. The molecule has 0 saturated heterocycles. The van der Waals surface area contributed by atoms with Gasteiger partial charge in [-0.2, -0.15) is 0 Å². The topological polar surface area (TPSA) is 95.2 Å². The number of Topliss-reactive ketones (excluding diaryl/α,β-unsaturated/α-hetero) is 1. The van der Waals surface area contributed by atoms with E-state index in [1.54, 1.807) is 6.07 Å². The largest absolute Gasteiger partial charge is 0.496 e. The molecule has 3 aliphatic rings. The zero-order chi connectivity index (χ0) is 16.6. The molecule has 0 amide bonds. The Balaban J connectivity index is 1.97. The fourth-order valence-electron chi connectivity index (χ4n) is 3.75. The summed E-state index contributed by atoms with van der Waals surface area (Å²) in [5.74, 6) is 0.509. The number of ether oxygens (including phenoxy) is 3. The maximum absolute atomic E-state index is 12.3. The average Bonchev–Trinajstić information content (AvgIpc) is 3.17. The van der Waals surface area contributed by atoms with Crippen molar-refractivity contribution in [2.24, 2.45) is 0 Å². The Bertz CT molecular complexity index is 1020. The van der Waals surface area contributed by atoms with Crippen molar-refractivity contribution in [1.82, 2.24) is 0 Å². The molecule has 7 heteroatoms. The molecule has 0 saturated carbocycles. The van der Waals surface area contributed by atoms with Crippen LogP contribution in [0, 0.1) is 0 Å². The van der Waals surface area contributed by atoms with E-state index < -0.39 is 17.5 Å². The van der Waals surface area contributed by atoms with Crippen molar-refractivity contribution in [1.29, 1.82) is 0 Å². The molecule has 122 valence electrons. The molecule has 1 aromatic heterocycles. The number of carbonyl (C=O) groups is 1. The second-order valence-electron chi connectivity index (χ2n) is 6.04. The molecule has 0 radical (unpaired) electrons. The van der Waals surface area contributed by atoms with Crippen molar-refractivity contribution in [2.45, 2.75) is 24.7 Å². The third-order valence-corrected chi connectivity index (χ3v) is 4.83. The Kier molecular flexibility index (Phi) is 2.37. The molecule has 0 bridgehead atoms. The molecule has 1 N–H and O–H groups in total. The highest BCUT2D eigenvalue weighted by Crippen LogP contribution is 2.52. The molecule has 7 nitrogen and oxygen atoms in total. The summed E-state index contributed by atoms with van der Waals surface area (Å²) >= 11 is 0. The van der Waals surface area contributed by atoms with Crippen LogP contribution in [-0.4, -0.2) is 24.3 Å². The molecule has 2 aliphatic heterocycles. The number of hydrogen-bond acceptors (Lipinski definition) is 7. The highest BCUT2D eigenvalue weighted by molar-refractivity contribution is 6.06. The Morgan fingerprint density at radius 3 is 2.96 bits per heavy atom. The van der Waals surface area contributed by atoms with Gasteiger partial charge in [-0.3, -0.25) is 4.79 Å². The van der Waals surface area contributed by atoms with E-state index in [1.807, 2.05) is 0 Å². The standard InChI is InChI=1S/C17H12O7/c1-21-9-6-10-13(17(20)4-5-22-16(17)23-10)14-12(9)7-2-3-8(18)11(7)15(19)24-14/h4-6,16,20H,2-3H2,1H3/t16-,17+/m0/s1. The number of aliphatic hydroxyl groups is 1. The van der Waals surface area contributed by atoms with E-state index in [-0.39, 0.29) is 23.4 Å². The van der Waals surface area contributed by atoms with E-state index in [0.717, 1.165) is 0 Å². The molecule has 0 spiro atoms. The van der Waals surface area contributed by atoms with Crippen LogP contribution >= 0.6 is 0 Å². The van der Waals surface area contributed by atoms with E-state index >= 15 is 0 Å². The summed E-state index contributed by atoms with van der Waals surface area (Å²) < 4.78 is 21.7. The molecule has 2 aromatic rings. The Morgan fingerprint density at radius 1 is 1.33 bits per heavy atom. The lowest BCUT2D eigenvalue weighted by molar-refractivity contribution is -0.109. The minimum absolute atomic E-state index is 0.0708. The van der Waals surface area contributed by atoms with Gasteiger partial charge in [0, 0.05) is 12.5 Å². The quantitative estimate of drug-likeness (QED) is 0.790. The van der Waals surface area contributed by atoms with Crippen LogP contribution in [0.1, 0.15) is 27.9 Å². The van der Waals surface area contributed by atoms with Crippen molar-refractivity contribution in [3.8, 4) is 11.5 Å². The summed E-state index contributed by atoms with van der Waals surface area (Å²) in [6.07, 6.45) is 2.54. The van der Waals surface area contributed by atoms with Crippen molar-refractivity contribution in [2.75, 3.05) is 7.11 Å². The summed E-state index contributed by atoms with van der Waals surface area (Å²) in [4.78, 5) is 24.3. The van der Waals surface area contributed by atoms with Crippen LogP contribution in [0.2, 0.25) is 0 Å². The van der Waals surface area contributed by atoms with Gasteiger partial charge in [-0.25, -0.2) is 4.79 Å². The number of fused-ring (bicyclic) bond motifs is 7. The fraction of sp³-hybridized carbons (Fsp3) is 0.294. The SMILES string of the molecule is COc1cc2c(c3oc(=O)c4c(c13)CCC4=O)[C@]1(O)C=CO[C@H]1O2. The van der Waals surface area contributed by atoms with E-state index in [2.05, 4.69) is 0 Å². The normalized spacial score (nSPS) is 26.1. The second-order valence-corrected chi connectivity index (χ2v) is 6.04. The van der Waals surface area contributed by atoms with Gasteiger partial charge in [-0.1, -0.05) is 0 Å². The molecule has 3 heterocycles. The third-order valence-electron chi connectivity index (χ3n) is 4.83. The van der Waals surface area contributed by atoms with Crippen LogP contribution in [-0.2, 0) is 16.8 Å². The molecule has 0 fully saturated rings. The average molecular weight is 328 g/mol. The molecule has 1 aromatic carbocycles. The van der Waals surface area contributed by atoms with Gasteiger partial charge in [-0.15, -0.1) is 0 Å². The maximum atomic E-state index is 12.3.